The Morgan fingerprint density at radius 3 is 2.60 bits per heavy atom. The van der Waals surface area contributed by atoms with Gasteiger partial charge < -0.3 is 5.32 Å². The zero-order valence-electron chi connectivity index (χ0n) is 13.7. The first-order chi connectivity index (χ1) is 12.2. The van der Waals surface area contributed by atoms with Gasteiger partial charge in [-0.05, 0) is 35.9 Å². The number of nitrogens with zero attached hydrogens (tertiary/aromatic N) is 3. The highest BCUT2D eigenvalue weighted by molar-refractivity contribution is 6.12. The van der Waals surface area contributed by atoms with Gasteiger partial charge in [0.25, 0.3) is 5.91 Å². The Balaban J connectivity index is 1.59. The van der Waals surface area contributed by atoms with E-state index in [0.717, 1.165) is 22.4 Å². The van der Waals surface area contributed by atoms with Crippen molar-refractivity contribution in [2.75, 3.05) is 5.32 Å². The summed E-state index contributed by atoms with van der Waals surface area (Å²) < 4.78 is 1.89. The molecule has 2 aromatic heterocycles. The molecule has 0 atom stereocenters. The Morgan fingerprint density at radius 2 is 1.84 bits per heavy atom. The molecule has 5 nitrogen and oxygen atoms in total. The number of aromatic nitrogens is 3. The molecule has 0 aliphatic heterocycles. The molecule has 5 heteroatoms. The van der Waals surface area contributed by atoms with Crippen molar-refractivity contribution < 1.29 is 4.79 Å². The summed E-state index contributed by atoms with van der Waals surface area (Å²) in [5.74, 6) is 1.48. The van der Waals surface area contributed by atoms with Gasteiger partial charge in [-0.2, -0.15) is 0 Å². The fraction of sp³-hybridized carbons (Fsp3) is 0.0500. The number of imidazole rings is 1. The van der Waals surface area contributed by atoms with Crippen LogP contribution >= 0.6 is 0 Å². The Bertz CT molecular complexity index is 1050. The van der Waals surface area contributed by atoms with Gasteiger partial charge in [-0.3, -0.25) is 9.36 Å². The number of carbonyl (C=O) groups excluding carboxylic acids is 1. The van der Waals surface area contributed by atoms with Crippen LogP contribution in [0.5, 0.6) is 0 Å². The SMILES string of the molecule is Cc1nccn1-c1ccc(NC(=O)c2cccc3ccccc23)cn1. The van der Waals surface area contributed by atoms with Gasteiger partial charge >= 0.3 is 0 Å². The van der Waals surface area contributed by atoms with Crippen molar-refractivity contribution in [3.8, 4) is 5.82 Å². The van der Waals surface area contributed by atoms with E-state index in [1.165, 1.54) is 0 Å². The van der Waals surface area contributed by atoms with Crippen LogP contribution in [0.25, 0.3) is 16.6 Å². The van der Waals surface area contributed by atoms with Crippen molar-refractivity contribution in [2.24, 2.45) is 0 Å². The van der Waals surface area contributed by atoms with E-state index < -0.39 is 0 Å². The molecular weight excluding hydrogens is 312 g/mol. The number of fused-ring (bicyclic) bond motifs is 1. The standard InChI is InChI=1S/C20H16N4O/c1-14-21-11-12-24(14)19-10-9-16(13-22-19)23-20(25)18-8-4-6-15-5-2-3-7-17(15)18/h2-13H,1H3,(H,23,25). The number of anilines is 1. The van der Waals surface area contributed by atoms with Gasteiger partial charge in [0.2, 0.25) is 0 Å². The molecule has 0 unspecified atom stereocenters. The van der Waals surface area contributed by atoms with Gasteiger partial charge in [0.1, 0.15) is 11.6 Å². The molecule has 0 spiro atoms. The molecule has 1 amide bonds. The van der Waals surface area contributed by atoms with Gasteiger partial charge in [0, 0.05) is 18.0 Å². The van der Waals surface area contributed by atoms with E-state index in [2.05, 4.69) is 15.3 Å². The Labute approximate surface area is 145 Å². The summed E-state index contributed by atoms with van der Waals surface area (Å²) in [6, 6.07) is 17.2. The van der Waals surface area contributed by atoms with Crippen LogP contribution in [0, 0.1) is 6.92 Å². The zero-order valence-corrected chi connectivity index (χ0v) is 13.7. The largest absolute Gasteiger partial charge is 0.321 e. The van der Waals surface area contributed by atoms with Gasteiger partial charge in [0.05, 0.1) is 11.9 Å². The summed E-state index contributed by atoms with van der Waals surface area (Å²) in [5.41, 5.74) is 1.30. The summed E-state index contributed by atoms with van der Waals surface area (Å²) in [6.45, 7) is 1.91. The quantitative estimate of drug-likeness (QED) is 0.619. The van der Waals surface area contributed by atoms with Crippen molar-refractivity contribution in [1.29, 1.82) is 0 Å². The molecule has 122 valence electrons. The number of amides is 1. The summed E-state index contributed by atoms with van der Waals surface area (Å²) in [6.07, 6.45) is 5.23. The fourth-order valence-electron chi connectivity index (χ4n) is 2.84. The molecule has 0 aliphatic rings. The third-order valence-electron chi connectivity index (χ3n) is 4.11. The van der Waals surface area contributed by atoms with E-state index in [1.54, 1.807) is 12.4 Å². The zero-order chi connectivity index (χ0) is 17.2. The topological polar surface area (TPSA) is 59.8 Å². The molecule has 4 rings (SSSR count). The van der Waals surface area contributed by atoms with E-state index in [9.17, 15) is 4.79 Å². The number of aryl methyl sites for hydroxylation is 1. The summed E-state index contributed by atoms with van der Waals surface area (Å²) in [4.78, 5) is 21.2. The highest BCUT2D eigenvalue weighted by atomic mass is 16.1. The predicted octanol–water partition coefficient (Wildman–Crippen LogP) is 3.98. The van der Waals surface area contributed by atoms with Gasteiger partial charge in [-0.25, -0.2) is 9.97 Å². The fourth-order valence-corrected chi connectivity index (χ4v) is 2.84. The lowest BCUT2D eigenvalue weighted by molar-refractivity contribution is 0.102. The lowest BCUT2D eigenvalue weighted by Crippen LogP contribution is -2.12. The average molecular weight is 328 g/mol. The minimum absolute atomic E-state index is 0.148. The Hall–Kier alpha value is -3.47. The van der Waals surface area contributed by atoms with Crippen molar-refractivity contribution in [2.45, 2.75) is 6.92 Å². The highest BCUT2D eigenvalue weighted by Crippen LogP contribution is 2.20. The van der Waals surface area contributed by atoms with Crippen molar-refractivity contribution >= 4 is 22.4 Å². The predicted molar refractivity (Wildman–Crippen MR) is 98.0 cm³/mol. The first kappa shape index (κ1) is 15.1. The minimum atomic E-state index is -0.148. The smallest absolute Gasteiger partial charge is 0.256 e. The Kier molecular flexibility index (Phi) is 3.74. The van der Waals surface area contributed by atoms with E-state index in [4.69, 9.17) is 0 Å². The molecule has 0 fully saturated rings. The molecule has 4 aromatic rings. The molecule has 0 radical (unpaired) electrons. The lowest BCUT2D eigenvalue weighted by atomic mass is 10.0. The number of hydrogen-bond donors (Lipinski definition) is 1. The monoisotopic (exact) mass is 328 g/mol. The summed E-state index contributed by atoms with van der Waals surface area (Å²) in [7, 11) is 0. The first-order valence-electron chi connectivity index (χ1n) is 7.98. The van der Waals surface area contributed by atoms with E-state index in [0.29, 0.717) is 11.3 Å². The van der Waals surface area contributed by atoms with Crippen LogP contribution < -0.4 is 5.32 Å². The van der Waals surface area contributed by atoms with Crippen LogP contribution in [0.2, 0.25) is 0 Å². The van der Waals surface area contributed by atoms with E-state index in [-0.39, 0.29) is 5.91 Å². The second-order valence-corrected chi connectivity index (χ2v) is 5.73. The normalized spacial score (nSPS) is 10.8. The summed E-state index contributed by atoms with van der Waals surface area (Å²) in [5, 5.41) is 4.88. The molecule has 2 heterocycles. The van der Waals surface area contributed by atoms with Crippen LogP contribution in [-0.2, 0) is 0 Å². The van der Waals surface area contributed by atoms with Crippen molar-refractivity contribution in [1.82, 2.24) is 14.5 Å². The molecule has 1 N–H and O–H groups in total. The maximum Gasteiger partial charge on any atom is 0.256 e. The third-order valence-corrected chi connectivity index (χ3v) is 4.11. The van der Waals surface area contributed by atoms with Crippen LogP contribution in [-0.4, -0.2) is 20.4 Å². The Morgan fingerprint density at radius 1 is 1.00 bits per heavy atom. The minimum Gasteiger partial charge on any atom is -0.321 e. The second kappa shape index (κ2) is 6.20. The number of carbonyl (C=O) groups is 1. The van der Waals surface area contributed by atoms with Crippen molar-refractivity contribution in [3.63, 3.8) is 0 Å². The lowest BCUT2D eigenvalue weighted by Gasteiger charge is -2.09. The van der Waals surface area contributed by atoms with Crippen LogP contribution in [0.3, 0.4) is 0 Å². The van der Waals surface area contributed by atoms with E-state index in [1.807, 2.05) is 72.3 Å². The maximum atomic E-state index is 12.6. The maximum absolute atomic E-state index is 12.6. The van der Waals surface area contributed by atoms with Gasteiger partial charge in [0.15, 0.2) is 0 Å². The number of hydrogen-bond acceptors (Lipinski definition) is 3. The molecule has 0 saturated heterocycles. The number of nitrogens with one attached hydrogen (secondary N) is 1. The van der Waals surface area contributed by atoms with Crippen molar-refractivity contribution in [3.05, 3.63) is 84.6 Å². The van der Waals surface area contributed by atoms with Crippen LogP contribution in [0.1, 0.15) is 16.2 Å². The molecule has 0 bridgehead atoms. The number of rotatable bonds is 3. The average Bonchev–Trinajstić information content (AvgIpc) is 3.08. The molecular formula is C20H16N4O. The third kappa shape index (κ3) is 2.87. The van der Waals surface area contributed by atoms with Crippen LogP contribution in [0.15, 0.2) is 73.2 Å². The second-order valence-electron chi connectivity index (χ2n) is 5.73. The highest BCUT2D eigenvalue weighted by Gasteiger charge is 2.10. The number of pyridine rings is 1. The summed E-state index contributed by atoms with van der Waals surface area (Å²) >= 11 is 0. The number of benzene rings is 2. The molecule has 25 heavy (non-hydrogen) atoms. The molecule has 0 aliphatic carbocycles. The van der Waals surface area contributed by atoms with Crippen LogP contribution in [0.4, 0.5) is 5.69 Å². The van der Waals surface area contributed by atoms with E-state index >= 15 is 0 Å². The van der Waals surface area contributed by atoms with Gasteiger partial charge in [-0.1, -0.05) is 36.4 Å². The molecule has 2 aromatic carbocycles. The first-order valence-corrected chi connectivity index (χ1v) is 7.98. The molecule has 0 saturated carbocycles. The van der Waals surface area contributed by atoms with Gasteiger partial charge in [-0.15, -0.1) is 0 Å².